The molecule has 1 amide bonds. The third kappa shape index (κ3) is 4.31. The van der Waals surface area contributed by atoms with Crippen LogP contribution < -0.4 is 10.2 Å². The van der Waals surface area contributed by atoms with Crippen LogP contribution in [-0.4, -0.2) is 37.6 Å². The first-order valence-electron chi connectivity index (χ1n) is 9.34. The van der Waals surface area contributed by atoms with E-state index in [9.17, 15) is 14.4 Å². The Bertz CT molecular complexity index is 973. The van der Waals surface area contributed by atoms with Gasteiger partial charge in [-0.15, -0.1) is 0 Å². The number of carbonyl (C=O) groups excluding carboxylic acids is 3. The predicted molar refractivity (Wildman–Crippen MR) is 112 cm³/mol. The highest BCUT2D eigenvalue weighted by atomic mass is 35.5. The number of esters is 2. The van der Waals surface area contributed by atoms with Crippen molar-refractivity contribution in [3.8, 4) is 0 Å². The molecule has 2 aromatic carbocycles. The summed E-state index contributed by atoms with van der Waals surface area (Å²) in [5.74, 6) is -2.04. The Morgan fingerprint density at radius 3 is 2.37 bits per heavy atom. The largest absolute Gasteiger partial charge is 0.466 e. The van der Waals surface area contributed by atoms with Gasteiger partial charge in [-0.1, -0.05) is 41.9 Å². The van der Waals surface area contributed by atoms with Crippen LogP contribution in [0.4, 0.5) is 5.69 Å². The Morgan fingerprint density at radius 2 is 1.77 bits per heavy atom. The van der Waals surface area contributed by atoms with E-state index in [2.05, 4.69) is 5.32 Å². The van der Waals surface area contributed by atoms with E-state index >= 15 is 0 Å². The van der Waals surface area contributed by atoms with E-state index in [0.29, 0.717) is 10.7 Å². The number of ether oxygens (including phenoxy) is 2. The average Bonchev–Trinajstić information content (AvgIpc) is 3.05. The number of anilines is 1. The number of hydrogen-bond donors (Lipinski definition) is 1. The lowest BCUT2D eigenvalue weighted by atomic mass is 10.1. The molecule has 0 aromatic heterocycles. The first-order chi connectivity index (χ1) is 14.5. The molecule has 1 N–H and O–H groups in total. The Balaban J connectivity index is 2.05. The third-order valence-corrected chi connectivity index (χ3v) is 4.82. The van der Waals surface area contributed by atoms with Crippen LogP contribution in [0.1, 0.15) is 12.5 Å². The number of halogens is 1. The average molecular weight is 429 g/mol. The summed E-state index contributed by atoms with van der Waals surface area (Å²) in [6, 6.07) is 14.5. The van der Waals surface area contributed by atoms with Gasteiger partial charge in [0.05, 0.1) is 13.7 Å². The molecule has 0 radical (unpaired) electrons. The highest BCUT2D eigenvalue weighted by molar-refractivity contribution is 6.30. The van der Waals surface area contributed by atoms with Crippen molar-refractivity contribution in [2.75, 3.05) is 18.6 Å². The van der Waals surface area contributed by atoms with Crippen LogP contribution in [0, 0.1) is 0 Å². The van der Waals surface area contributed by atoms with Gasteiger partial charge in [0.1, 0.15) is 11.3 Å². The molecule has 0 aliphatic carbocycles. The number of benzene rings is 2. The van der Waals surface area contributed by atoms with Crippen molar-refractivity contribution in [1.82, 2.24) is 5.32 Å². The molecule has 8 heteroatoms. The van der Waals surface area contributed by atoms with Gasteiger partial charge in [-0.05, 0) is 36.8 Å². The van der Waals surface area contributed by atoms with Gasteiger partial charge < -0.3 is 14.8 Å². The molecule has 1 atom stereocenters. The molecule has 2 aromatic rings. The Labute approximate surface area is 179 Å². The topological polar surface area (TPSA) is 84.9 Å². The van der Waals surface area contributed by atoms with Crippen molar-refractivity contribution in [3.05, 3.63) is 76.5 Å². The maximum atomic E-state index is 13.3. The Kier molecular flexibility index (Phi) is 6.74. The number of nitrogens with one attached hydrogen (secondary N) is 1. The van der Waals surface area contributed by atoms with Crippen LogP contribution in [0.2, 0.25) is 5.02 Å². The van der Waals surface area contributed by atoms with Crippen molar-refractivity contribution < 1.29 is 23.9 Å². The molecular formula is C22H21ClN2O5. The number of carbonyl (C=O) groups is 3. The zero-order chi connectivity index (χ0) is 21.7. The summed E-state index contributed by atoms with van der Waals surface area (Å²) in [5, 5.41) is 3.48. The van der Waals surface area contributed by atoms with E-state index in [-0.39, 0.29) is 24.4 Å². The fourth-order valence-corrected chi connectivity index (χ4v) is 3.34. The molecule has 0 fully saturated rings. The molecule has 156 valence electrons. The minimum atomic E-state index is -1.27. The van der Waals surface area contributed by atoms with Gasteiger partial charge in [-0.2, -0.15) is 0 Å². The quantitative estimate of drug-likeness (QED) is 0.682. The highest BCUT2D eigenvalue weighted by Crippen LogP contribution is 2.33. The SMILES string of the molecule is CCOC(=O)C1C(C(=O)OC)=C(NCc2ccccc2)C(=O)N1c1ccc(Cl)cc1. The minimum absolute atomic E-state index is 0.00120. The summed E-state index contributed by atoms with van der Waals surface area (Å²) in [6.45, 7) is 2.03. The number of rotatable bonds is 7. The predicted octanol–water partition coefficient (Wildman–Crippen LogP) is 2.84. The second-order valence-electron chi connectivity index (χ2n) is 6.43. The van der Waals surface area contributed by atoms with Gasteiger partial charge in [0.2, 0.25) is 0 Å². The molecule has 0 saturated carbocycles. The van der Waals surface area contributed by atoms with E-state index in [1.54, 1.807) is 31.2 Å². The van der Waals surface area contributed by atoms with Crippen molar-refractivity contribution in [1.29, 1.82) is 0 Å². The number of methoxy groups -OCH3 is 1. The van der Waals surface area contributed by atoms with Crippen molar-refractivity contribution in [3.63, 3.8) is 0 Å². The molecule has 7 nitrogen and oxygen atoms in total. The number of nitrogens with zero attached hydrogens (tertiary/aromatic N) is 1. The van der Waals surface area contributed by atoms with Crippen LogP contribution in [0.25, 0.3) is 0 Å². The summed E-state index contributed by atoms with van der Waals surface area (Å²) in [7, 11) is 1.20. The van der Waals surface area contributed by atoms with Gasteiger partial charge in [-0.3, -0.25) is 9.69 Å². The molecule has 3 rings (SSSR count). The molecule has 1 aliphatic rings. The summed E-state index contributed by atoms with van der Waals surface area (Å²) < 4.78 is 10.0. The summed E-state index contributed by atoms with van der Waals surface area (Å²) in [4.78, 5) is 39.9. The Hall–Kier alpha value is -3.32. The molecule has 1 unspecified atom stereocenters. The molecule has 0 bridgehead atoms. The summed E-state index contributed by atoms with van der Waals surface area (Å²) in [5.41, 5.74) is 1.21. The zero-order valence-corrected chi connectivity index (χ0v) is 17.3. The van der Waals surface area contributed by atoms with Crippen LogP contribution >= 0.6 is 11.6 Å². The van der Waals surface area contributed by atoms with Crippen LogP contribution in [0.15, 0.2) is 65.9 Å². The smallest absolute Gasteiger partial charge is 0.338 e. The molecule has 0 spiro atoms. The molecular weight excluding hydrogens is 408 g/mol. The van der Waals surface area contributed by atoms with E-state index in [1.165, 1.54) is 12.0 Å². The molecule has 1 aliphatic heterocycles. The van der Waals surface area contributed by atoms with Crippen LogP contribution in [0.3, 0.4) is 0 Å². The molecule has 0 saturated heterocycles. The fourth-order valence-electron chi connectivity index (χ4n) is 3.21. The standard InChI is InChI=1S/C22H21ClN2O5/c1-3-30-22(28)19-17(21(27)29-2)18(24-13-14-7-5-4-6-8-14)20(26)25(19)16-11-9-15(23)10-12-16/h4-12,19,24H,3,13H2,1-2H3. The van der Waals surface area contributed by atoms with Crippen molar-refractivity contribution >= 4 is 35.1 Å². The maximum absolute atomic E-state index is 13.3. The normalized spacial score (nSPS) is 15.9. The molecule has 1 heterocycles. The third-order valence-electron chi connectivity index (χ3n) is 4.57. The second kappa shape index (κ2) is 9.45. The van der Waals surface area contributed by atoms with Crippen LogP contribution in [0.5, 0.6) is 0 Å². The zero-order valence-electron chi connectivity index (χ0n) is 16.6. The second-order valence-corrected chi connectivity index (χ2v) is 6.86. The first kappa shape index (κ1) is 21.4. The van der Waals surface area contributed by atoms with Crippen molar-refractivity contribution in [2.45, 2.75) is 19.5 Å². The van der Waals surface area contributed by atoms with E-state index in [1.807, 2.05) is 30.3 Å². The monoisotopic (exact) mass is 428 g/mol. The van der Waals surface area contributed by atoms with Gasteiger partial charge >= 0.3 is 11.9 Å². The lowest BCUT2D eigenvalue weighted by molar-refractivity contribution is -0.146. The number of amides is 1. The lowest BCUT2D eigenvalue weighted by Gasteiger charge is -2.24. The Morgan fingerprint density at radius 1 is 1.10 bits per heavy atom. The van der Waals surface area contributed by atoms with E-state index in [0.717, 1.165) is 5.56 Å². The van der Waals surface area contributed by atoms with Gasteiger partial charge in [0, 0.05) is 17.3 Å². The maximum Gasteiger partial charge on any atom is 0.338 e. The van der Waals surface area contributed by atoms with Gasteiger partial charge in [0.15, 0.2) is 6.04 Å². The van der Waals surface area contributed by atoms with E-state index < -0.39 is 23.9 Å². The number of hydrogen-bond acceptors (Lipinski definition) is 6. The lowest BCUT2D eigenvalue weighted by Crippen LogP contribution is -2.43. The molecule has 30 heavy (non-hydrogen) atoms. The fraction of sp³-hybridized carbons (Fsp3) is 0.227. The first-order valence-corrected chi connectivity index (χ1v) is 9.71. The minimum Gasteiger partial charge on any atom is -0.466 e. The summed E-state index contributed by atoms with van der Waals surface area (Å²) in [6.07, 6.45) is 0. The van der Waals surface area contributed by atoms with Gasteiger partial charge in [0.25, 0.3) is 5.91 Å². The summed E-state index contributed by atoms with van der Waals surface area (Å²) >= 11 is 5.96. The van der Waals surface area contributed by atoms with Crippen LogP contribution in [-0.2, 0) is 30.4 Å². The van der Waals surface area contributed by atoms with Crippen molar-refractivity contribution in [2.24, 2.45) is 0 Å². The van der Waals surface area contributed by atoms with E-state index in [4.69, 9.17) is 21.1 Å². The van der Waals surface area contributed by atoms with Gasteiger partial charge in [-0.25, -0.2) is 9.59 Å². The highest BCUT2D eigenvalue weighted by Gasteiger charge is 2.48.